The standard InChI is InChI=1S/C12H22BrN3O/c1-5-10-12(13)11(15(4)14-10)8-16(6-7-17)9(2)3/h9,17H,5-8H2,1-4H3. The molecule has 0 unspecified atom stereocenters. The SMILES string of the molecule is CCc1nn(C)c(CN(CCO)C(C)C)c1Br. The summed E-state index contributed by atoms with van der Waals surface area (Å²) in [6.45, 7) is 8.07. The van der Waals surface area contributed by atoms with Crippen LogP contribution in [0, 0.1) is 0 Å². The Balaban J connectivity index is 2.88. The van der Waals surface area contributed by atoms with Crippen LogP contribution in [-0.2, 0) is 20.0 Å². The summed E-state index contributed by atoms with van der Waals surface area (Å²) in [5.74, 6) is 0. The zero-order valence-electron chi connectivity index (χ0n) is 11.1. The zero-order chi connectivity index (χ0) is 13.0. The van der Waals surface area contributed by atoms with Crippen LogP contribution in [0.4, 0.5) is 0 Å². The third kappa shape index (κ3) is 3.53. The van der Waals surface area contributed by atoms with Crippen molar-refractivity contribution in [2.24, 2.45) is 7.05 Å². The van der Waals surface area contributed by atoms with Crippen LogP contribution in [-0.4, -0.2) is 39.0 Å². The molecule has 1 heterocycles. The van der Waals surface area contributed by atoms with Crippen LogP contribution < -0.4 is 0 Å². The van der Waals surface area contributed by atoms with Gasteiger partial charge in [-0.25, -0.2) is 0 Å². The third-order valence-corrected chi connectivity index (χ3v) is 3.89. The molecule has 17 heavy (non-hydrogen) atoms. The van der Waals surface area contributed by atoms with Crippen molar-refractivity contribution in [1.82, 2.24) is 14.7 Å². The number of hydrogen-bond donors (Lipinski definition) is 1. The summed E-state index contributed by atoms with van der Waals surface area (Å²) in [5, 5.41) is 13.6. The molecule has 1 aromatic rings. The molecule has 0 bridgehead atoms. The van der Waals surface area contributed by atoms with Crippen molar-refractivity contribution in [3.05, 3.63) is 15.9 Å². The van der Waals surface area contributed by atoms with Gasteiger partial charge in [-0.05, 0) is 36.2 Å². The summed E-state index contributed by atoms with van der Waals surface area (Å²) in [6, 6.07) is 0.411. The number of aliphatic hydroxyl groups is 1. The summed E-state index contributed by atoms with van der Waals surface area (Å²) in [6.07, 6.45) is 0.927. The Morgan fingerprint density at radius 1 is 1.47 bits per heavy atom. The van der Waals surface area contributed by atoms with E-state index in [1.54, 1.807) is 0 Å². The number of hydrogen-bond acceptors (Lipinski definition) is 3. The Labute approximate surface area is 112 Å². The molecular formula is C12H22BrN3O. The second-order valence-electron chi connectivity index (χ2n) is 4.47. The van der Waals surface area contributed by atoms with Gasteiger partial charge in [0.25, 0.3) is 0 Å². The minimum Gasteiger partial charge on any atom is -0.395 e. The van der Waals surface area contributed by atoms with E-state index in [1.165, 1.54) is 5.69 Å². The number of aromatic nitrogens is 2. The van der Waals surface area contributed by atoms with Crippen LogP contribution in [0.15, 0.2) is 4.47 Å². The summed E-state index contributed by atoms with van der Waals surface area (Å²) in [5.41, 5.74) is 2.26. The van der Waals surface area contributed by atoms with Gasteiger partial charge < -0.3 is 5.11 Å². The molecule has 0 spiro atoms. The van der Waals surface area contributed by atoms with Gasteiger partial charge in [0.1, 0.15) is 0 Å². The Morgan fingerprint density at radius 2 is 2.12 bits per heavy atom. The van der Waals surface area contributed by atoms with E-state index in [0.717, 1.165) is 23.1 Å². The molecule has 0 aliphatic rings. The Hall–Kier alpha value is -0.390. The lowest BCUT2D eigenvalue weighted by molar-refractivity contribution is 0.156. The van der Waals surface area contributed by atoms with E-state index in [1.807, 2.05) is 11.7 Å². The first-order chi connectivity index (χ1) is 8.01. The van der Waals surface area contributed by atoms with E-state index in [4.69, 9.17) is 5.11 Å². The van der Waals surface area contributed by atoms with Crippen LogP contribution in [0.1, 0.15) is 32.2 Å². The van der Waals surface area contributed by atoms with Gasteiger partial charge in [-0.15, -0.1) is 0 Å². The lowest BCUT2D eigenvalue weighted by Crippen LogP contribution is -2.33. The molecule has 0 amide bonds. The zero-order valence-corrected chi connectivity index (χ0v) is 12.7. The van der Waals surface area contributed by atoms with Crippen LogP contribution in [0.25, 0.3) is 0 Å². The predicted octanol–water partition coefficient (Wildman–Crippen LogP) is 1.95. The maximum atomic E-state index is 9.08. The summed E-state index contributed by atoms with van der Waals surface area (Å²) < 4.78 is 3.03. The Kier molecular flexibility index (Phi) is 5.62. The topological polar surface area (TPSA) is 41.3 Å². The quantitative estimate of drug-likeness (QED) is 0.873. The lowest BCUT2D eigenvalue weighted by atomic mass is 10.2. The first kappa shape index (κ1) is 14.7. The van der Waals surface area contributed by atoms with Gasteiger partial charge in [-0.3, -0.25) is 9.58 Å². The number of nitrogens with zero attached hydrogens (tertiary/aromatic N) is 3. The van der Waals surface area contributed by atoms with E-state index in [2.05, 4.69) is 46.7 Å². The molecule has 0 radical (unpaired) electrons. The smallest absolute Gasteiger partial charge is 0.0767 e. The monoisotopic (exact) mass is 303 g/mol. The van der Waals surface area contributed by atoms with E-state index in [0.29, 0.717) is 12.6 Å². The molecule has 4 nitrogen and oxygen atoms in total. The van der Waals surface area contributed by atoms with Gasteiger partial charge in [0.15, 0.2) is 0 Å². The van der Waals surface area contributed by atoms with E-state index in [9.17, 15) is 0 Å². The molecule has 1 rings (SSSR count). The fourth-order valence-electron chi connectivity index (χ4n) is 1.83. The molecule has 1 aromatic heterocycles. The molecule has 0 aliphatic heterocycles. The molecule has 5 heteroatoms. The highest BCUT2D eigenvalue weighted by molar-refractivity contribution is 9.10. The second-order valence-corrected chi connectivity index (χ2v) is 5.27. The van der Waals surface area contributed by atoms with E-state index in [-0.39, 0.29) is 6.61 Å². The van der Waals surface area contributed by atoms with Crippen molar-refractivity contribution >= 4 is 15.9 Å². The minimum absolute atomic E-state index is 0.189. The molecule has 1 N–H and O–H groups in total. The number of halogens is 1. The molecular weight excluding hydrogens is 282 g/mol. The largest absolute Gasteiger partial charge is 0.395 e. The average molecular weight is 304 g/mol. The van der Waals surface area contributed by atoms with E-state index >= 15 is 0 Å². The Bertz CT molecular complexity index is 363. The van der Waals surface area contributed by atoms with Gasteiger partial charge in [0.2, 0.25) is 0 Å². The molecule has 0 atom stereocenters. The molecule has 0 aromatic carbocycles. The highest BCUT2D eigenvalue weighted by Gasteiger charge is 2.17. The van der Waals surface area contributed by atoms with Gasteiger partial charge in [0, 0.05) is 26.2 Å². The number of aryl methyl sites for hydroxylation is 2. The van der Waals surface area contributed by atoms with Crippen LogP contribution in [0.5, 0.6) is 0 Å². The Morgan fingerprint density at radius 3 is 2.53 bits per heavy atom. The third-order valence-electron chi connectivity index (χ3n) is 2.97. The van der Waals surface area contributed by atoms with Gasteiger partial charge >= 0.3 is 0 Å². The van der Waals surface area contributed by atoms with Crippen molar-refractivity contribution in [3.63, 3.8) is 0 Å². The summed E-state index contributed by atoms with van der Waals surface area (Å²) in [4.78, 5) is 2.24. The minimum atomic E-state index is 0.189. The van der Waals surface area contributed by atoms with Gasteiger partial charge in [-0.2, -0.15) is 5.10 Å². The van der Waals surface area contributed by atoms with Crippen LogP contribution in [0.2, 0.25) is 0 Å². The van der Waals surface area contributed by atoms with Crippen molar-refractivity contribution in [2.45, 2.75) is 39.8 Å². The molecule has 0 saturated heterocycles. The first-order valence-electron chi connectivity index (χ1n) is 6.06. The van der Waals surface area contributed by atoms with Crippen molar-refractivity contribution < 1.29 is 5.11 Å². The maximum Gasteiger partial charge on any atom is 0.0767 e. The summed E-state index contributed by atoms with van der Waals surface area (Å²) in [7, 11) is 1.97. The van der Waals surface area contributed by atoms with Crippen molar-refractivity contribution in [1.29, 1.82) is 0 Å². The highest BCUT2D eigenvalue weighted by atomic mass is 79.9. The van der Waals surface area contributed by atoms with Crippen molar-refractivity contribution in [2.75, 3.05) is 13.2 Å². The predicted molar refractivity (Wildman–Crippen MR) is 72.9 cm³/mol. The average Bonchev–Trinajstić information content (AvgIpc) is 2.55. The highest BCUT2D eigenvalue weighted by Crippen LogP contribution is 2.23. The maximum absolute atomic E-state index is 9.08. The number of aliphatic hydroxyl groups excluding tert-OH is 1. The fraction of sp³-hybridized carbons (Fsp3) is 0.750. The van der Waals surface area contributed by atoms with Crippen LogP contribution >= 0.6 is 15.9 Å². The molecule has 0 aliphatic carbocycles. The molecule has 98 valence electrons. The molecule has 0 saturated carbocycles. The second kappa shape index (κ2) is 6.52. The van der Waals surface area contributed by atoms with Crippen LogP contribution in [0.3, 0.4) is 0 Å². The van der Waals surface area contributed by atoms with Gasteiger partial charge in [-0.1, -0.05) is 6.92 Å². The van der Waals surface area contributed by atoms with Gasteiger partial charge in [0.05, 0.1) is 22.5 Å². The molecule has 0 fully saturated rings. The first-order valence-corrected chi connectivity index (χ1v) is 6.85. The van der Waals surface area contributed by atoms with E-state index < -0.39 is 0 Å². The normalized spacial score (nSPS) is 11.8. The van der Waals surface area contributed by atoms with Crippen molar-refractivity contribution in [3.8, 4) is 0 Å². The fourth-order valence-corrected chi connectivity index (χ4v) is 2.57. The summed E-state index contributed by atoms with van der Waals surface area (Å²) >= 11 is 3.62. The lowest BCUT2D eigenvalue weighted by Gasteiger charge is -2.25. The number of rotatable bonds is 6.